The van der Waals surface area contributed by atoms with Crippen molar-refractivity contribution in [2.45, 2.75) is 52.4 Å². The summed E-state index contributed by atoms with van der Waals surface area (Å²) in [6.07, 6.45) is 0. The summed E-state index contributed by atoms with van der Waals surface area (Å²) in [7, 11) is -0.712. The summed E-state index contributed by atoms with van der Waals surface area (Å²) in [5.74, 6) is 2.41. The number of rotatable bonds is 7. The van der Waals surface area contributed by atoms with Crippen LogP contribution in [0.3, 0.4) is 0 Å². The van der Waals surface area contributed by atoms with Crippen molar-refractivity contribution in [1.29, 1.82) is 0 Å². The molecule has 0 aliphatic heterocycles. The first kappa shape index (κ1) is 43.1. The van der Waals surface area contributed by atoms with Gasteiger partial charge in [0.25, 0.3) is 0 Å². The molecular formula is C48H48NiO8P2. The Morgan fingerprint density at radius 1 is 0.441 bits per heavy atom. The monoisotopic (exact) mass is 872 g/mol. The average Bonchev–Trinajstić information content (AvgIpc) is 3.48. The summed E-state index contributed by atoms with van der Waals surface area (Å²) in [6, 6.07) is 39.6. The number of methoxy groups -OCH3 is 2. The second kappa shape index (κ2) is 17.8. The van der Waals surface area contributed by atoms with Gasteiger partial charge in [-0.2, -0.15) is 0 Å². The molecule has 0 aliphatic rings. The molecule has 8 aromatic rings. The van der Waals surface area contributed by atoms with Crippen molar-refractivity contribution < 1.29 is 51.8 Å². The zero-order chi connectivity index (χ0) is 41.2. The van der Waals surface area contributed by atoms with E-state index in [9.17, 15) is 0 Å². The number of hydrogen-bond donors (Lipinski definition) is 0. The van der Waals surface area contributed by atoms with Crippen molar-refractivity contribution in [1.82, 2.24) is 0 Å². The first-order valence-corrected chi connectivity index (χ1v) is 21.1. The molecule has 2 heterocycles. The molecule has 0 N–H and O–H groups in total. The van der Waals surface area contributed by atoms with Gasteiger partial charge < -0.3 is 35.3 Å². The van der Waals surface area contributed by atoms with Crippen LogP contribution in [0.15, 0.2) is 151 Å². The SMILES string of the molecule is C=C.COc1cc(-c2cc(OC)cc(C(C)(C)C)c2Op2oc3ccccc3c3ccccc3o2)c(Op2oc3ccccc3c3ccccc3o2)c(C(C)(C)C)c1.[Ni]. The van der Waals surface area contributed by atoms with Crippen LogP contribution in [0.5, 0.6) is 23.0 Å². The van der Waals surface area contributed by atoms with Gasteiger partial charge in [-0.3, -0.25) is 0 Å². The molecule has 0 bridgehead atoms. The average molecular weight is 874 g/mol. The summed E-state index contributed by atoms with van der Waals surface area (Å²) < 4.78 is 52.5. The number of benzene rings is 6. The van der Waals surface area contributed by atoms with Gasteiger partial charge >= 0.3 is 16.5 Å². The van der Waals surface area contributed by atoms with E-state index in [0.717, 1.165) is 32.7 Å². The van der Waals surface area contributed by atoms with E-state index >= 15 is 0 Å². The molecule has 0 saturated heterocycles. The molecule has 59 heavy (non-hydrogen) atoms. The topological polar surface area (TPSA) is 89.5 Å². The Kier molecular flexibility index (Phi) is 13.0. The van der Waals surface area contributed by atoms with E-state index in [-0.39, 0.29) is 16.5 Å². The number of hydrogen-bond acceptors (Lipinski definition) is 8. The third-order valence-corrected chi connectivity index (χ3v) is 11.7. The van der Waals surface area contributed by atoms with E-state index in [1.165, 1.54) is 0 Å². The summed E-state index contributed by atoms with van der Waals surface area (Å²) in [4.78, 5) is 0. The van der Waals surface area contributed by atoms with Crippen molar-refractivity contribution in [3.63, 3.8) is 0 Å². The van der Waals surface area contributed by atoms with Crippen LogP contribution < -0.4 is 18.5 Å². The minimum Gasteiger partial charge on any atom is -0.497 e. The van der Waals surface area contributed by atoms with Gasteiger partial charge in [-0.25, -0.2) is 0 Å². The predicted octanol–water partition coefficient (Wildman–Crippen LogP) is 15.7. The fourth-order valence-corrected chi connectivity index (χ4v) is 9.00. The van der Waals surface area contributed by atoms with Gasteiger partial charge in [0.1, 0.15) is 45.3 Å². The van der Waals surface area contributed by atoms with Crippen LogP contribution in [0.25, 0.3) is 55.0 Å². The third-order valence-electron chi connectivity index (χ3n) is 9.65. The van der Waals surface area contributed by atoms with Gasteiger partial charge in [0.2, 0.25) is 0 Å². The van der Waals surface area contributed by atoms with E-state index in [1.807, 2.05) is 121 Å². The second-order valence-electron chi connectivity index (χ2n) is 15.6. The molecule has 6 aromatic carbocycles. The van der Waals surface area contributed by atoms with Gasteiger partial charge in [0, 0.05) is 60.3 Å². The molecule has 0 spiro atoms. The molecule has 0 atom stereocenters. The molecule has 0 radical (unpaired) electrons. The van der Waals surface area contributed by atoms with Crippen LogP contribution in [0, 0.1) is 0 Å². The first-order valence-electron chi connectivity index (χ1n) is 18.9. The number of ether oxygens (including phenoxy) is 2. The van der Waals surface area contributed by atoms with Crippen LogP contribution >= 0.6 is 16.5 Å². The predicted molar refractivity (Wildman–Crippen MR) is 238 cm³/mol. The maximum atomic E-state index is 7.06. The Balaban J connectivity index is 0.00000192. The molecule has 8 nitrogen and oxygen atoms in total. The minimum atomic E-state index is -2.02. The van der Waals surface area contributed by atoms with E-state index in [0.29, 0.717) is 56.5 Å². The van der Waals surface area contributed by atoms with Gasteiger partial charge in [-0.1, -0.05) is 114 Å². The molecule has 2 aromatic heterocycles. The van der Waals surface area contributed by atoms with E-state index < -0.39 is 27.3 Å². The Morgan fingerprint density at radius 2 is 0.712 bits per heavy atom. The number of para-hydroxylation sites is 4. The Morgan fingerprint density at radius 3 is 0.966 bits per heavy atom. The fourth-order valence-electron chi connectivity index (χ4n) is 6.81. The summed E-state index contributed by atoms with van der Waals surface area (Å²) in [6.45, 7) is 18.8. The number of fused-ring (bicyclic) bond motifs is 6. The van der Waals surface area contributed by atoms with Crippen LogP contribution in [0.1, 0.15) is 52.7 Å². The van der Waals surface area contributed by atoms with Crippen molar-refractivity contribution in [3.05, 3.63) is 146 Å². The Hall–Kier alpha value is -5.45. The summed E-state index contributed by atoms with van der Waals surface area (Å²) in [5.41, 5.74) is 5.01. The molecule has 11 heteroatoms. The molecule has 0 aliphatic carbocycles. The molecule has 0 saturated carbocycles. The second-order valence-corrected chi connectivity index (χ2v) is 17.6. The fraction of sp³-hybridized carbons (Fsp3) is 0.208. The van der Waals surface area contributed by atoms with E-state index in [4.69, 9.17) is 35.3 Å². The zero-order valence-corrected chi connectivity index (χ0v) is 37.2. The van der Waals surface area contributed by atoms with E-state index in [2.05, 4.69) is 54.7 Å². The molecule has 0 unspecified atom stereocenters. The third kappa shape index (κ3) is 8.94. The van der Waals surface area contributed by atoms with Crippen LogP contribution in [0.4, 0.5) is 0 Å². The van der Waals surface area contributed by atoms with Crippen molar-refractivity contribution in [3.8, 4) is 34.1 Å². The van der Waals surface area contributed by atoms with Gasteiger partial charge in [-0.05, 0) is 59.4 Å². The smallest absolute Gasteiger partial charge is 0.453 e. The molecule has 0 fully saturated rings. The van der Waals surface area contributed by atoms with Crippen molar-refractivity contribution >= 4 is 60.4 Å². The van der Waals surface area contributed by atoms with Gasteiger partial charge in [0.15, 0.2) is 0 Å². The Labute approximate surface area is 356 Å². The van der Waals surface area contributed by atoms with Gasteiger partial charge in [-0.15, -0.1) is 13.2 Å². The standard InChI is InChI=1S/C46H44O8P2.C2H4.Ni/c1-45(2,3)37-27-29(47-7)25-35(43(37)53-55-49-39-21-13-9-17-31(39)32-18-10-14-22-40(32)50-55)36-26-30(48-8)28-38(46(4,5)6)44(36)54-56-51-41-23-15-11-19-33(41)34-20-12-16-24-42(34)52-56;1-2;/h9-28H,1-8H3;1-2H2;. The van der Waals surface area contributed by atoms with Crippen LogP contribution in [0.2, 0.25) is 0 Å². The summed E-state index contributed by atoms with van der Waals surface area (Å²) in [5, 5.41) is 3.70. The quantitative estimate of drug-likeness (QED) is 0.116. The van der Waals surface area contributed by atoms with Crippen LogP contribution in [-0.4, -0.2) is 14.2 Å². The minimum absolute atomic E-state index is 0. The first-order chi connectivity index (χ1) is 27.9. The van der Waals surface area contributed by atoms with Crippen molar-refractivity contribution in [2.24, 2.45) is 0 Å². The molecule has 8 rings (SSSR count). The molecular weight excluding hydrogens is 825 g/mol. The molecule has 308 valence electrons. The van der Waals surface area contributed by atoms with Gasteiger partial charge in [0.05, 0.1) is 14.2 Å². The maximum Gasteiger partial charge on any atom is 0.453 e. The zero-order valence-electron chi connectivity index (χ0n) is 34.4. The Bertz CT molecular complexity index is 2540. The largest absolute Gasteiger partial charge is 0.497 e. The van der Waals surface area contributed by atoms with E-state index in [1.54, 1.807) is 14.2 Å². The normalized spacial score (nSPS) is 11.4. The molecule has 0 amide bonds. The summed E-state index contributed by atoms with van der Waals surface area (Å²) >= 11 is 0. The maximum absolute atomic E-state index is 7.06. The van der Waals surface area contributed by atoms with Crippen molar-refractivity contribution in [2.75, 3.05) is 14.2 Å². The van der Waals surface area contributed by atoms with Crippen LogP contribution in [-0.2, 0) is 27.3 Å².